The van der Waals surface area contributed by atoms with E-state index in [9.17, 15) is 13.6 Å². The molecule has 2 heterocycles. The van der Waals surface area contributed by atoms with Gasteiger partial charge in [0.05, 0.1) is 23.8 Å². The van der Waals surface area contributed by atoms with Gasteiger partial charge in [0.15, 0.2) is 0 Å². The lowest BCUT2D eigenvalue weighted by Gasteiger charge is -2.37. The molecule has 30 heavy (non-hydrogen) atoms. The van der Waals surface area contributed by atoms with Gasteiger partial charge < -0.3 is 0 Å². The van der Waals surface area contributed by atoms with E-state index in [1.54, 1.807) is 36.7 Å². The van der Waals surface area contributed by atoms with E-state index in [4.69, 9.17) is 11.6 Å². The second-order valence-corrected chi connectivity index (χ2v) is 7.87. The van der Waals surface area contributed by atoms with E-state index >= 15 is 0 Å². The highest BCUT2D eigenvalue weighted by atomic mass is 35.5. The molecule has 154 valence electrons. The van der Waals surface area contributed by atoms with Crippen LogP contribution in [0, 0.1) is 11.6 Å². The van der Waals surface area contributed by atoms with Gasteiger partial charge in [-0.25, -0.2) is 18.7 Å². The standard InChI is InChI=1S/C21H18ClF2N5O/c1-13(29-12-26-19-7-14(22)3-5-16(19)20(29)30)21(2,9-28-11-25-10-27-28)17-6-4-15(23)8-18(17)24/h3-8,10-13H,9H2,1-2H3. The van der Waals surface area contributed by atoms with E-state index in [-0.39, 0.29) is 17.7 Å². The van der Waals surface area contributed by atoms with E-state index in [0.717, 1.165) is 6.07 Å². The van der Waals surface area contributed by atoms with Crippen molar-refractivity contribution in [3.8, 4) is 0 Å². The van der Waals surface area contributed by atoms with Gasteiger partial charge in [-0.2, -0.15) is 5.10 Å². The lowest BCUT2D eigenvalue weighted by Crippen LogP contribution is -2.41. The van der Waals surface area contributed by atoms with Crippen molar-refractivity contribution < 1.29 is 8.78 Å². The number of nitrogens with zero attached hydrogens (tertiary/aromatic N) is 5. The fourth-order valence-corrected chi connectivity index (χ4v) is 3.90. The summed E-state index contributed by atoms with van der Waals surface area (Å²) in [5.41, 5.74) is -0.523. The number of rotatable bonds is 5. The lowest BCUT2D eigenvalue weighted by atomic mass is 9.75. The maximum Gasteiger partial charge on any atom is 0.261 e. The molecule has 0 bridgehead atoms. The zero-order chi connectivity index (χ0) is 21.5. The van der Waals surface area contributed by atoms with Gasteiger partial charge in [-0.05, 0) is 36.8 Å². The third kappa shape index (κ3) is 3.47. The first kappa shape index (κ1) is 20.2. The van der Waals surface area contributed by atoms with E-state index < -0.39 is 23.1 Å². The largest absolute Gasteiger partial charge is 0.295 e. The van der Waals surface area contributed by atoms with Gasteiger partial charge in [0.25, 0.3) is 5.56 Å². The fourth-order valence-electron chi connectivity index (χ4n) is 3.74. The van der Waals surface area contributed by atoms with Crippen molar-refractivity contribution in [2.75, 3.05) is 0 Å². The Hall–Kier alpha value is -3.13. The number of aromatic nitrogens is 5. The Morgan fingerprint density at radius 1 is 1.17 bits per heavy atom. The molecule has 0 saturated heterocycles. The molecule has 6 nitrogen and oxygen atoms in total. The first-order valence-electron chi connectivity index (χ1n) is 9.24. The number of hydrogen-bond donors (Lipinski definition) is 0. The van der Waals surface area contributed by atoms with Crippen molar-refractivity contribution in [3.63, 3.8) is 0 Å². The normalized spacial score (nSPS) is 14.6. The van der Waals surface area contributed by atoms with Crippen molar-refractivity contribution in [1.82, 2.24) is 24.3 Å². The molecule has 0 fully saturated rings. The summed E-state index contributed by atoms with van der Waals surface area (Å²) in [5.74, 6) is -1.37. The minimum Gasteiger partial charge on any atom is -0.295 e. The van der Waals surface area contributed by atoms with E-state index in [1.807, 2.05) is 0 Å². The van der Waals surface area contributed by atoms with Crippen molar-refractivity contribution >= 4 is 22.5 Å². The summed E-state index contributed by atoms with van der Waals surface area (Å²) in [6.07, 6.45) is 4.31. The summed E-state index contributed by atoms with van der Waals surface area (Å²) in [7, 11) is 0. The number of benzene rings is 2. The predicted octanol–water partition coefficient (Wildman–Crippen LogP) is 4.14. The molecule has 0 spiro atoms. The van der Waals surface area contributed by atoms with Crippen LogP contribution in [0.4, 0.5) is 8.78 Å². The molecule has 2 aromatic carbocycles. The molecule has 9 heteroatoms. The molecule has 0 radical (unpaired) electrons. The average Bonchev–Trinajstić information content (AvgIpc) is 3.20. The highest BCUT2D eigenvalue weighted by molar-refractivity contribution is 6.31. The number of hydrogen-bond acceptors (Lipinski definition) is 4. The summed E-state index contributed by atoms with van der Waals surface area (Å²) < 4.78 is 31.4. The Balaban J connectivity index is 1.88. The quantitative estimate of drug-likeness (QED) is 0.478. The molecule has 0 aliphatic rings. The van der Waals surface area contributed by atoms with Crippen molar-refractivity contribution in [2.45, 2.75) is 31.8 Å². The van der Waals surface area contributed by atoms with Gasteiger partial charge in [0.1, 0.15) is 24.3 Å². The van der Waals surface area contributed by atoms with Crippen LogP contribution >= 0.6 is 11.6 Å². The van der Waals surface area contributed by atoms with Crippen LogP contribution in [0.1, 0.15) is 25.5 Å². The van der Waals surface area contributed by atoms with E-state index in [1.165, 1.54) is 35.7 Å². The summed E-state index contributed by atoms with van der Waals surface area (Å²) >= 11 is 6.00. The summed E-state index contributed by atoms with van der Waals surface area (Å²) in [5, 5.41) is 5.00. The molecule has 0 amide bonds. The molecule has 0 N–H and O–H groups in total. The first-order chi connectivity index (χ1) is 14.3. The molecule has 0 aliphatic carbocycles. The van der Waals surface area contributed by atoms with Gasteiger partial charge in [-0.1, -0.05) is 24.6 Å². The minimum absolute atomic E-state index is 0.210. The molecule has 2 unspecified atom stereocenters. The van der Waals surface area contributed by atoms with Crippen molar-refractivity contribution in [1.29, 1.82) is 0 Å². The molecule has 0 saturated carbocycles. The number of halogens is 3. The first-order valence-corrected chi connectivity index (χ1v) is 9.62. The van der Waals surface area contributed by atoms with Crippen LogP contribution in [0.2, 0.25) is 5.02 Å². The van der Waals surface area contributed by atoms with Crippen LogP contribution in [0.25, 0.3) is 10.9 Å². The molecular formula is C21H18ClF2N5O. The van der Waals surface area contributed by atoms with Gasteiger partial charge >= 0.3 is 0 Å². The minimum atomic E-state index is -0.975. The maximum absolute atomic E-state index is 14.8. The molecule has 4 aromatic rings. The third-order valence-corrected chi connectivity index (χ3v) is 5.82. The van der Waals surface area contributed by atoms with Crippen LogP contribution in [0.3, 0.4) is 0 Å². The molecule has 0 aliphatic heterocycles. The van der Waals surface area contributed by atoms with Crippen molar-refractivity contribution in [2.24, 2.45) is 0 Å². The summed E-state index contributed by atoms with van der Waals surface area (Å²) in [4.78, 5) is 21.5. The average molecular weight is 430 g/mol. The topological polar surface area (TPSA) is 65.6 Å². The third-order valence-electron chi connectivity index (χ3n) is 5.59. The highest BCUT2D eigenvalue weighted by Crippen LogP contribution is 2.38. The van der Waals surface area contributed by atoms with Gasteiger partial charge in [-0.15, -0.1) is 0 Å². The zero-order valence-corrected chi connectivity index (χ0v) is 17.0. The number of fused-ring (bicyclic) bond motifs is 1. The maximum atomic E-state index is 14.8. The van der Waals surface area contributed by atoms with Gasteiger partial charge in [0, 0.05) is 22.5 Å². The summed E-state index contributed by atoms with van der Waals surface area (Å²) in [6.45, 7) is 3.81. The molecular weight excluding hydrogens is 412 g/mol. The fraction of sp³-hybridized carbons (Fsp3) is 0.238. The van der Waals surface area contributed by atoms with Crippen LogP contribution in [0.5, 0.6) is 0 Å². The van der Waals surface area contributed by atoms with Crippen LogP contribution < -0.4 is 5.56 Å². The van der Waals surface area contributed by atoms with Crippen molar-refractivity contribution in [3.05, 3.63) is 88.0 Å². The Morgan fingerprint density at radius 2 is 1.97 bits per heavy atom. The Bertz CT molecular complexity index is 1270. The van der Waals surface area contributed by atoms with Gasteiger partial charge in [0.2, 0.25) is 0 Å². The second-order valence-electron chi connectivity index (χ2n) is 7.43. The smallest absolute Gasteiger partial charge is 0.261 e. The Labute approximate surface area is 175 Å². The zero-order valence-electron chi connectivity index (χ0n) is 16.3. The second kappa shape index (κ2) is 7.60. The van der Waals surface area contributed by atoms with Gasteiger partial charge in [-0.3, -0.25) is 14.0 Å². The van der Waals surface area contributed by atoms with E-state index in [2.05, 4.69) is 15.1 Å². The van der Waals surface area contributed by atoms with Crippen LogP contribution in [-0.2, 0) is 12.0 Å². The van der Waals surface area contributed by atoms with Crippen LogP contribution in [-0.4, -0.2) is 24.3 Å². The predicted molar refractivity (Wildman–Crippen MR) is 109 cm³/mol. The SMILES string of the molecule is CC(n1cnc2cc(Cl)ccc2c1=O)C(C)(Cn1cncn1)c1ccc(F)cc1F. The summed E-state index contributed by atoms with van der Waals surface area (Å²) in [6, 6.07) is 7.74. The lowest BCUT2D eigenvalue weighted by molar-refractivity contribution is 0.249. The Kier molecular flexibility index (Phi) is 5.11. The highest BCUT2D eigenvalue weighted by Gasteiger charge is 2.38. The van der Waals surface area contributed by atoms with E-state index in [0.29, 0.717) is 15.9 Å². The van der Waals surface area contributed by atoms with Crippen LogP contribution in [0.15, 0.2) is 60.2 Å². The monoisotopic (exact) mass is 429 g/mol. The molecule has 2 atom stereocenters. The molecule has 2 aromatic heterocycles. The molecule has 4 rings (SSSR count). The Morgan fingerprint density at radius 3 is 2.67 bits per heavy atom.